The lowest BCUT2D eigenvalue weighted by atomic mass is 10.3. The van der Waals surface area contributed by atoms with Crippen molar-refractivity contribution in [1.82, 2.24) is 14.8 Å². The van der Waals surface area contributed by atoms with Crippen LogP contribution in [0.2, 0.25) is 0 Å². The highest BCUT2D eigenvalue weighted by molar-refractivity contribution is 5.03. The second kappa shape index (κ2) is 3.61. The van der Waals surface area contributed by atoms with Gasteiger partial charge in [0.2, 0.25) is 5.82 Å². The Balaban J connectivity index is 3.22. The smallest absolute Gasteiger partial charge is 0.318 e. The second-order valence-corrected chi connectivity index (χ2v) is 3.44. The maximum atomic E-state index is 13.3. The summed E-state index contributed by atoms with van der Waals surface area (Å²) < 4.78 is 27.9. The standard InChI is InChI=1S/C8H14F2N4/c1-5(2)14-6(3)12-13-7(14)8(9,10)4-11/h5H,4,11H2,1-3H3. The molecule has 0 bridgehead atoms. The van der Waals surface area contributed by atoms with E-state index in [-0.39, 0.29) is 11.9 Å². The first-order valence-corrected chi connectivity index (χ1v) is 4.40. The lowest BCUT2D eigenvalue weighted by molar-refractivity contribution is -0.00837. The Morgan fingerprint density at radius 1 is 1.43 bits per heavy atom. The molecule has 0 saturated heterocycles. The Bertz CT molecular complexity index is 319. The predicted molar refractivity (Wildman–Crippen MR) is 48.1 cm³/mol. The average Bonchev–Trinajstić information content (AvgIpc) is 2.47. The van der Waals surface area contributed by atoms with Gasteiger partial charge in [0, 0.05) is 6.04 Å². The Morgan fingerprint density at radius 3 is 2.43 bits per heavy atom. The zero-order valence-electron chi connectivity index (χ0n) is 8.46. The molecule has 2 N–H and O–H groups in total. The monoisotopic (exact) mass is 204 g/mol. The summed E-state index contributed by atoms with van der Waals surface area (Å²) in [5.41, 5.74) is 4.99. The van der Waals surface area contributed by atoms with Crippen LogP contribution in [0, 0.1) is 6.92 Å². The minimum Gasteiger partial charge on any atom is -0.325 e. The number of nitrogens with zero attached hydrogens (tertiary/aromatic N) is 3. The molecule has 0 aliphatic carbocycles. The molecule has 0 amide bonds. The second-order valence-electron chi connectivity index (χ2n) is 3.44. The van der Waals surface area contributed by atoms with Gasteiger partial charge in [0.05, 0.1) is 6.54 Å². The highest BCUT2D eigenvalue weighted by Crippen LogP contribution is 2.27. The molecule has 0 saturated carbocycles. The maximum absolute atomic E-state index is 13.3. The van der Waals surface area contributed by atoms with Crippen molar-refractivity contribution in [2.45, 2.75) is 32.7 Å². The first-order valence-electron chi connectivity index (χ1n) is 4.40. The van der Waals surface area contributed by atoms with Crippen molar-refractivity contribution in [3.05, 3.63) is 11.6 Å². The third-order valence-corrected chi connectivity index (χ3v) is 1.97. The lowest BCUT2D eigenvalue weighted by Crippen LogP contribution is -2.29. The van der Waals surface area contributed by atoms with Crippen LogP contribution in [-0.2, 0) is 5.92 Å². The molecule has 0 spiro atoms. The molecule has 0 radical (unpaired) electrons. The van der Waals surface area contributed by atoms with Gasteiger partial charge in [-0.15, -0.1) is 10.2 Å². The number of hydrogen-bond donors (Lipinski definition) is 1. The first-order chi connectivity index (χ1) is 6.40. The number of alkyl halides is 2. The van der Waals surface area contributed by atoms with Crippen LogP contribution in [0.3, 0.4) is 0 Å². The number of rotatable bonds is 3. The fourth-order valence-corrected chi connectivity index (χ4v) is 1.33. The summed E-state index contributed by atoms with van der Waals surface area (Å²) in [5, 5.41) is 7.09. The number of halogens is 2. The van der Waals surface area contributed by atoms with Crippen LogP contribution >= 0.6 is 0 Å². The van der Waals surface area contributed by atoms with E-state index in [9.17, 15) is 8.78 Å². The van der Waals surface area contributed by atoms with Crippen molar-refractivity contribution in [3.63, 3.8) is 0 Å². The van der Waals surface area contributed by atoms with E-state index in [2.05, 4.69) is 10.2 Å². The molecular weight excluding hydrogens is 190 g/mol. The van der Waals surface area contributed by atoms with Crippen molar-refractivity contribution in [3.8, 4) is 0 Å². The minimum absolute atomic E-state index is 0.0996. The normalized spacial score (nSPS) is 12.5. The number of hydrogen-bond acceptors (Lipinski definition) is 3. The molecule has 0 fully saturated rings. The van der Waals surface area contributed by atoms with E-state index < -0.39 is 12.5 Å². The molecule has 1 aromatic rings. The van der Waals surface area contributed by atoms with Crippen molar-refractivity contribution in [2.75, 3.05) is 6.54 Å². The minimum atomic E-state index is -3.11. The van der Waals surface area contributed by atoms with Gasteiger partial charge in [0.1, 0.15) is 5.82 Å². The quantitative estimate of drug-likeness (QED) is 0.805. The van der Waals surface area contributed by atoms with E-state index in [1.807, 2.05) is 0 Å². The Morgan fingerprint density at radius 2 is 2.00 bits per heavy atom. The van der Waals surface area contributed by atoms with E-state index in [0.29, 0.717) is 5.82 Å². The molecule has 14 heavy (non-hydrogen) atoms. The summed E-state index contributed by atoms with van der Waals surface area (Å²) in [6.45, 7) is 4.49. The van der Waals surface area contributed by atoms with E-state index >= 15 is 0 Å². The largest absolute Gasteiger partial charge is 0.325 e. The van der Waals surface area contributed by atoms with Crippen LogP contribution in [0.25, 0.3) is 0 Å². The van der Waals surface area contributed by atoms with Gasteiger partial charge >= 0.3 is 5.92 Å². The molecule has 1 aromatic heterocycles. The van der Waals surface area contributed by atoms with Gasteiger partial charge in [-0.05, 0) is 20.8 Å². The van der Waals surface area contributed by atoms with Gasteiger partial charge in [-0.1, -0.05) is 0 Å². The average molecular weight is 204 g/mol. The molecule has 1 rings (SSSR count). The van der Waals surface area contributed by atoms with E-state index in [1.54, 1.807) is 20.8 Å². The molecule has 6 heteroatoms. The van der Waals surface area contributed by atoms with Crippen LogP contribution in [0.4, 0.5) is 8.78 Å². The number of aromatic nitrogens is 3. The predicted octanol–water partition coefficient (Wildman–Crippen LogP) is 1.22. The lowest BCUT2D eigenvalue weighted by Gasteiger charge is -2.17. The van der Waals surface area contributed by atoms with Gasteiger partial charge < -0.3 is 10.3 Å². The van der Waals surface area contributed by atoms with Gasteiger partial charge in [0.15, 0.2) is 0 Å². The first kappa shape index (κ1) is 11.0. The molecular formula is C8H14F2N4. The molecule has 0 unspecified atom stereocenters. The van der Waals surface area contributed by atoms with Crippen LogP contribution in [0.1, 0.15) is 31.5 Å². The van der Waals surface area contributed by atoms with Crippen LogP contribution in [0.5, 0.6) is 0 Å². The maximum Gasteiger partial charge on any atom is 0.318 e. The zero-order valence-corrected chi connectivity index (χ0v) is 8.46. The third kappa shape index (κ3) is 1.75. The highest BCUT2D eigenvalue weighted by Gasteiger charge is 2.36. The molecule has 4 nitrogen and oxygen atoms in total. The summed E-state index contributed by atoms with van der Waals surface area (Å²) in [6.07, 6.45) is 0. The van der Waals surface area contributed by atoms with Crippen LogP contribution < -0.4 is 5.73 Å². The van der Waals surface area contributed by atoms with Crippen LogP contribution in [0.15, 0.2) is 0 Å². The van der Waals surface area contributed by atoms with Crippen molar-refractivity contribution in [2.24, 2.45) is 5.73 Å². The Labute approximate surface area is 81.1 Å². The SMILES string of the molecule is Cc1nnc(C(F)(F)CN)n1C(C)C. The van der Waals surface area contributed by atoms with Gasteiger partial charge in [0.25, 0.3) is 0 Å². The summed E-state index contributed by atoms with van der Waals surface area (Å²) in [6, 6.07) is -0.0996. The highest BCUT2D eigenvalue weighted by atomic mass is 19.3. The Kier molecular flexibility index (Phi) is 2.84. The molecule has 0 aliphatic heterocycles. The molecule has 0 aromatic carbocycles. The fraction of sp³-hybridized carbons (Fsp3) is 0.750. The summed E-state index contributed by atoms with van der Waals surface area (Å²) in [5.74, 6) is -2.98. The van der Waals surface area contributed by atoms with Gasteiger partial charge in [-0.3, -0.25) is 0 Å². The van der Waals surface area contributed by atoms with Gasteiger partial charge in [-0.2, -0.15) is 8.78 Å². The number of aryl methyl sites for hydroxylation is 1. The molecule has 1 heterocycles. The summed E-state index contributed by atoms with van der Waals surface area (Å²) in [4.78, 5) is 0. The molecule has 80 valence electrons. The number of nitrogens with two attached hydrogens (primary N) is 1. The fourth-order valence-electron chi connectivity index (χ4n) is 1.33. The molecule has 0 aliphatic rings. The van der Waals surface area contributed by atoms with E-state index in [4.69, 9.17) is 5.73 Å². The van der Waals surface area contributed by atoms with E-state index in [1.165, 1.54) is 4.57 Å². The summed E-state index contributed by atoms with van der Waals surface area (Å²) in [7, 11) is 0. The van der Waals surface area contributed by atoms with Gasteiger partial charge in [-0.25, -0.2) is 0 Å². The van der Waals surface area contributed by atoms with Crippen LogP contribution in [-0.4, -0.2) is 21.3 Å². The topological polar surface area (TPSA) is 56.7 Å². The zero-order chi connectivity index (χ0) is 10.9. The van der Waals surface area contributed by atoms with Crippen molar-refractivity contribution in [1.29, 1.82) is 0 Å². The third-order valence-electron chi connectivity index (χ3n) is 1.97. The Hall–Kier alpha value is -1.04. The van der Waals surface area contributed by atoms with Crippen molar-refractivity contribution < 1.29 is 8.78 Å². The summed E-state index contributed by atoms with van der Waals surface area (Å²) >= 11 is 0. The van der Waals surface area contributed by atoms with Crippen molar-refractivity contribution >= 4 is 0 Å². The molecule has 0 atom stereocenters. The van der Waals surface area contributed by atoms with E-state index in [0.717, 1.165) is 0 Å².